The van der Waals surface area contributed by atoms with Gasteiger partial charge in [-0.1, -0.05) is 18.2 Å². The Kier molecular flexibility index (Phi) is 5.72. The molecule has 1 saturated heterocycles. The third-order valence-electron chi connectivity index (χ3n) is 5.80. The van der Waals surface area contributed by atoms with E-state index >= 15 is 0 Å². The van der Waals surface area contributed by atoms with E-state index < -0.39 is 10.0 Å². The summed E-state index contributed by atoms with van der Waals surface area (Å²) in [7, 11) is -3.42. The monoisotopic (exact) mass is 412 g/mol. The minimum absolute atomic E-state index is 0.424. The van der Waals surface area contributed by atoms with Crippen LogP contribution in [0, 0.1) is 6.92 Å². The van der Waals surface area contributed by atoms with E-state index in [1.807, 2.05) is 31.3 Å². The number of aryl methyl sites for hydroxylation is 2. The van der Waals surface area contributed by atoms with Crippen molar-refractivity contribution in [2.45, 2.75) is 31.7 Å². The summed E-state index contributed by atoms with van der Waals surface area (Å²) >= 11 is 0. The predicted octanol–water partition coefficient (Wildman–Crippen LogP) is 2.91. The first kappa shape index (κ1) is 20.1. The van der Waals surface area contributed by atoms with Gasteiger partial charge in [0.25, 0.3) is 0 Å². The third-order valence-corrected chi connectivity index (χ3v) is 7.86. The molecule has 154 valence electrons. The van der Waals surface area contributed by atoms with Crippen molar-refractivity contribution >= 4 is 21.1 Å². The molecule has 1 aliphatic heterocycles. The summed E-state index contributed by atoms with van der Waals surface area (Å²) in [5.74, 6) is 0. The Labute approximate surface area is 172 Å². The van der Waals surface area contributed by atoms with Crippen molar-refractivity contribution in [2.24, 2.45) is 0 Å². The first-order valence-electron chi connectivity index (χ1n) is 10.2. The molecule has 3 aromatic rings. The zero-order chi connectivity index (χ0) is 20.4. The molecule has 0 unspecified atom stereocenters. The van der Waals surface area contributed by atoms with Crippen molar-refractivity contribution in [2.75, 3.05) is 32.7 Å². The second kappa shape index (κ2) is 8.26. The summed E-state index contributed by atoms with van der Waals surface area (Å²) in [6, 6.07) is 11.3. The highest BCUT2D eigenvalue weighted by atomic mass is 32.2. The predicted molar refractivity (Wildman–Crippen MR) is 115 cm³/mol. The van der Waals surface area contributed by atoms with Gasteiger partial charge in [-0.25, -0.2) is 13.4 Å². The van der Waals surface area contributed by atoms with E-state index in [0.717, 1.165) is 43.8 Å². The Hall–Kier alpha value is -2.22. The first-order valence-corrected chi connectivity index (χ1v) is 11.7. The molecule has 4 rings (SSSR count). The number of pyridine rings is 1. The summed E-state index contributed by atoms with van der Waals surface area (Å²) in [6.45, 7) is 8.41. The molecule has 0 bridgehead atoms. The fourth-order valence-corrected chi connectivity index (χ4v) is 5.74. The fourth-order valence-electron chi connectivity index (χ4n) is 4.09. The maximum atomic E-state index is 13.0. The Balaban J connectivity index is 1.39. The Morgan fingerprint density at radius 1 is 1.03 bits per heavy atom. The van der Waals surface area contributed by atoms with Crippen LogP contribution in [0.3, 0.4) is 0 Å². The van der Waals surface area contributed by atoms with Gasteiger partial charge in [-0.05, 0) is 49.6 Å². The highest BCUT2D eigenvalue weighted by Crippen LogP contribution is 2.22. The van der Waals surface area contributed by atoms with Crippen molar-refractivity contribution in [3.05, 3.63) is 59.9 Å². The lowest BCUT2D eigenvalue weighted by Crippen LogP contribution is -2.49. The Morgan fingerprint density at radius 3 is 2.52 bits per heavy atom. The van der Waals surface area contributed by atoms with Gasteiger partial charge in [0, 0.05) is 57.0 Å². The minimum atomic E-state index is -3.42. The standard InChI is InChI=1S/C22H28N4O2S/c1-3-25-17-19(20-8-6-11-23-22(20)25)10-12-24-13-15-26(16-14-24)29(27,28)21-9-5-4-7-18(21)2/h4-9,11,17H,3,10,12-16H2,1-2H3. The van der Waals surface area contributed by atoms with E-state index in [2.05, 4.69) is 33.6 Å². The van der Waals surface area contributed by atoms with Crippen LogP contribution in [0.15, 0.2) is 53.7 Å². The zero-order valence-electron chi connectivity index (χ0n) is 17.1. The zero-order valence-corrected chi connectivity index (χ0v) is 17.9. The van der Waals surface area contributed by atoms with E-state index in [9.17, 15) is 8.42 Å². The number of fused-ring (bicyclic) bond motifs is 1. The summed E-state index contributed by atoms with van der Waals surface area (Å²) in [6.07, 6.45) is 4.99. The average Bonchev–Trinajstić information content (AvgIpc) is 3.11. The molecule has 1 aromatic carbocycles. The van der Waals surface area contributed by atoms with Crippen molar-refractivity contribution in [1.82, 2.24) is 18.8 Å². The Bertz CT molecular complexity index is 1100. The van der Waals surface area contributed by atoms with E-state index in [0.29, 0.717) is 18.0 Å². The van der Waals surface area contributed by atoms with Gasteiger partial charge >= 0.3 is 0 Å². The maximum Gasteiger partial charge on any atom is 0.243 e. The topological polar surface area (TPSA) is 58.4 Å². The van der Waals surface area contributed by atoms with Gasteiger partial charge in [-0.15, -0.1) is 0 Å². The number of sulfonamides is 1. The fraction of sp³-hybridized carbons (Fsp3) is 0.409. The molecule has 0 aliphatic carbocycles. The van der Waals surface area contributed by atoms with Crippen LogP contribution >= 0.6 is 0 Å². The number of aromatic nitrogens is 2. The van der Waals surface area contributed by atoms with Crippen LogP contribution in [0.4, 0.5) is 0 Å². The van der Waals surface area contributed by atoms with Crippen LogP contribution in [-0.2, 0) is 23.0 Å². The van der Waals surface area contributed by atoms with E-state index in [1.54, 1.807) is 16.4 Å². The van der Waals surface area contributed by atoms with Gasteiger partial charge in [0.2, 0.25) is 10.0 Å². The lowest BCUT2D eigenvalue weighted by molar-refractivity contribution is 0.190. The van der Waals surface area contributed by atoms with Crippen LogP contribution in [0.5, 0.6) is 0 Å². The molecule has 0 spiro atoms. The summed E-state index contributed by atoms with van der Waals surface area (Å²) in [5, 5.41) is 1.22. The molecule has 7 heteroatoms. The van der Waals surface area contributed by atoms with E-state index in [4.69, 9.17) is 0 Å². The van der Waals surface area contributed by atoms with Crippen molar-refractivity contribution < 1.29 is 8.42 Å². The van der Waals surface area contributed by atoms with Crippen LogP contribution in [0.25, 0.3) is 11.0 Å². The largest absolute Gasteiger partial charge is 0.333 e. The van der Waals surface area contributed by atoms with Crippen LogP contribution in [0.2, 0.25) is 0 Å². The quantitative estimate of drug-likeness (QED) is 0.625. The molecule has 1 aliphatic rings. The van der Waals surface area contributed by atoms with Gasteiger partial charge in [0.15, 0.2) is 0 Å². The molecule has 0 atom stereocenters. The lowest BCUT2D eigenvalue weighted by atomic mass is 10.1. The normalized spacial score (nSPS) is 16.5. The van der Waals surface area contributed by atoms with Crippen LogP contribution < -0.4 is 0 Å². The Morgan fingerprint density at radius 2 is 1.79 bits per heavy atom. The van der Waals surface area contributed by atoms with Gasteiger partial charge in [0.1, 0.15) is 5.65 Å². The molecule has 0 saturated carbocycles. The SMILES string of the molecule is CCn1cc(CCN2CCN(S(=O)(=O)c3ccccc3C)CC2)c2cccnc21. The summed E-state index contributed by atoms with van der Waals surface area (Å²) in [5.41, 5.74) is 3.15. The molecule has 1 fully saturated rings. The first-order chi connectivity index (χ1) is 14.0. The van der Waals surface area contributed by atoms with Crippen molar-refractivity contribution in [1.29, 1.82) is 0 Å². The van der Waals surface area contributed by atoms with Gasteiger partial charge in [-0.3, -0.25) is 0 Å². The van der Waals surface area contributed by atoms with Crippen molar-refractivity contribution in [3.63, 3.8) is 0 Å². The molecule has 2 aromatic heterocycles. The van der Waals surface area contributed by atoms with Crippen molar-refractivity contribution in [3.8, 4) is 0 Å². The molecular weight excluding hydrogens is 384 g/mol. The number of piperazine rings is 1. The molecule has 6 nitrogen and oxygen atoms in total. The van der Waals surface area contributed by atoms with Gasteiger partial charge < -0.3 is 9.47 Å². The summed E-state index contributed by atoms with van der Waals surface area (Å²) in [4.78, 5) is 7.30. The molecule has 0 radical (unpaired) electrons. The number of nitrogens with zero attached hydrogens (tertiary/aromatic N) is 4. The van der Waals surface area contributed by atoms with Crippen LogP contribution in [-0.4, -0.2) is 59.9 Å². The highest BCUT2D eigenvalue weighted by molar-refractivity contribution is 7.89. The van der Waals surface area contributed by atoms with E-state index in [-0.39, 0.29) is 0 Å². The maximum absolute atomic E-state index is 13.0. The smallest absolute Gasteiger partial charge is 0.243 e. The minimum Gasteiger partial charge on any atom is -0.333 e. The van der Waals surface area contributed by atoms with Crippen LogP contribution in [0.1, 0.15) is 18.1 Å². The molecule has 0 N–H and O–H groups in total. The number of benzene rings is 1. The number of hydrogen-bond acceptors (Lipinski definition) is 4. The molecule has 29 heavy (non-hydrogen) atoms. The molecular formula is C22H28N4O2S. The molecule has 0 amide bonds. The van der Waals surface area contributed by atoms with E-state index in [1.165, 1.54) is 10.9 Å². The van der Waals surface area contributed by atoms with Gasteiger partial charge in [-0.2, -0.15) is 4.31 Å². The highest BCUT2D eigenvalue weighted by Gasteiger charge is 2.29. The average molecular weight is 413 g/mol. The third kappa shape index (κ3) is 3.95. The second-order valence-corrected chi connectivity index (χ2v) is 9.48. The number of hydrogen-bond donors (Lipinski definition) is 0. The molecule has 3 heterocycles. The number of rotatable bonds is 6. The summed E-state index contributed by atoms with van der Waals surface area (Å²) < 4.78 is 29.8. The van der Waals surface area contributed by atoms with Gasteiger partial charge in [0.05, 0.1) is 4.90 Å². The lowest BCUT2D eigenvalue weighted by Gasteiger charge is -2.34. The second-order valence-electron chi connectivity index (χ2n) is 7.58.